The summed E-state index contributed by atoms with van der Waals surface area (Å²) in [5.74, 6) is 1.36. The van der Waals surface area contributed by atoms with E-state index in [-0.39, 0.29) is 35.9 Å². The highest BCUT2D eigenvalue weighted by atomic mass is 19.4. The maximum atomic E-state index is 12.6. The highest BCUT2D eigenvalue weighted by molar-refractivity contribution is 6.03. The second-order valence-corrected chi connectivity index (χ2v) is 8.57. The molecule has 2 aromatic rings. The average Bonchev–Trinajstić information content (AvgIpc) is 2.67. The van der Waals surface area contributed by atoms with E-state index < -0.39 is 11.7 Å². The van der Waals surface area contributed by atoms with Gasteiger partial charge in [0.1, 0.15) is 11.7 Å². The molecule has 0 radical (unpaired) electrons. The Bertz CT molecular complexity index is 1010. The lowest BCUT2D eigenvalue weighted by Crippen LogP contribution is -2.50. The van der Waals surface area contributed by atoms with Crippen molar-refractivity contribution in [3.05, 3.63) is 23.7 Å². The number of alkyl halides is 3. The number of carbonyl (C=O) groups excluding carboxylic acids is 1. The van der Waals surface area contributed by atoms with Crippen molar-refractivity contribution in [3.63, 3.8) is 0 Å². The smallest absolute Gasteiger partial charge is 0.351 e. The van der Waals surface area contributed by atoms with Crippen LogP contribution in [0.3, 0.4) is 0 Å². The molecule has 1 aliphatic heterocycles. The molecule has 172 valence electrons. The first kappa shape index (κ1) is 22.0. The molecule has 1 fully saturated rings. The number of fused-ring (bicyclic) bond motifs is 1. The van der Waals surface area contributed by atoms with Gasteiger partial charge in [0.05, 0.1) is 11.3 Å². The molecule has 1 saturated carbocycles. The summed E-state index contributed by atoms with van der Waals surface area (Å²) in [7, 11) is 1.85. The predicted molar refractivity (Wildman–Crippen MR) is 114 cm³/mol. The Labute approximate surface area is 183 Å². The van der Waals surface area contributed by atoms with E-state index in [1.54, 1.807) is 0 Å². The molecule has 3 heterocycles. The number of amides is 1. The van der Waals surface area contributed by atoms with Crippen LogP contribution < -0.4 is 20.9 Å². The van der Waals surface area contributed by atoms with Crippen LogP contribution >= 0.6 is 0 Å². The number of nitrogens with one attached hydrogen (secondary N) is 3. The predicted octanol–water partition coefficient (Wildman–Crippen LogP) is 3.06. The van der Waals surface area contributed by atoms with Gasteiger partial charge in [0.15, 0.2) is 5.82 Å². The van der Waals surface area contributed by atoms with Gasteiger partial charge in [0.2, 0.25) is 17.8 Å². The van der Waals surface area contributed by atoms with E-state index in [0.717, 1.165) is 12.4 Å². The number of hydrogen-bond acceptors (Lipinski definition) is 8. The molecule has 0 saturated heterocycles. The van der Waals surface area contributed by atoms with Crippen molar-refractivity contribution in [1.82, 2.24) is 19.9 Å². The maximum Gasteiger partial charge on any atom is 0.419 e. The second-order valence-electron chi connectivity index (χ2n) is 8.57. The summed E-state index contributed by atoms with van der Waals surface area (Å²) in [5, 5.41) is 9.26. The third-order valence-corrected chi connectivity index (χ3v) is 5.75. The van der Waals surface area contributed by atoms with E-state index in [1.165, 1.54) is 0 Å². The highest BCUT2D eigenvalue weighted by Gasteiger charge is 2.36. The third kappa shape index (κ3) is 4.26. The monoisotopic (exact) mass is 450 g/mol. The molecule has 32 heavy (non-hydrogen) atoms. The zero-order chi connectivity index (χ0) is 23.2. The Morgan fingerprint density at radius 1 is 1.09 bits per heavy atom. The molecule has 1 amide bonds. The van der Waals surface area contributed by atoms with Crippen LogP contribution in [0, 0.1) is 12.8 Å². The molecule has 12 heteroatoms. The van der Waals surface area contributed by atoms with E-state index in [4.69, 9.17) is 0 Å². The van der Waals surface area contributed by atoms with Crippen LogP contribution in [-0.4, -0.2) is 51.0 Å². The normalized spacial score (nSPS) is 22.8. The van der Waals surface area contributed by atoms with Crippen molar-refractivity contribution in [1.29, 1.82) is 0 Å². The molecule has 0 bridgehead atoms. The quantitative estimate of drug-likeness (QED) is 0.638. The number of halogens is 3. The van der Waals surface area contributed by atoms with E-state index in [0.29, 0.717) is 36.0 Å². The van der Waals surface area contributed by atoms with Crippen LogP contribution in [0.1, 0.15) is 37.9 Å². The molecule has 1 aliphatic carbocycles. The number of aromatic nitrogens is 4. The van der Waals surface area contributed by atoms with Crippen LogP contribution in [0.25, 0.3) is 0 Å². The van der Waals surface area contributed by atoms with Crippen molar-refractivity contribution in [3.8, 4) is 0 Å². The summed E-state index contributed by atoms with van der Waals surface area (Å²) in [6, 6.07) is -0.176. The molecule has 0 spiro atoms. The fourth-order valence-corrected chi connectivity index (χ4v) is 4.05. The first-order chi connectivity index (χ1) is 15.0. The SMILES string of the molecule is Cc1nc(N[C@H]2C[C@@H](Nc3ncc(C(F)(F)F)cn3)C2)nc2c1NC(=O)C(C(C)C)N2C. The summed E-state index contributed by atoms with van der Waals surface area (Å²) in [6.07, 6.45) is -1.49. The summed E-state index contributed by atoms with van der Waals surface area (Å²) < 4.78 is 37.8. The van der Waals surface area contributed by atoms with Gasteiger partial charge in [-0.2, -0.15) is 18.2 Å². The Balaban J connectivity index is 1.37. The fourth-order valence-electron chi connectivity index (χ4n) is 4.05. The number of carbonyl (C=O) groups is 1. The summed E-state index contributed by atoms with van der Waals surface area (Å²) in [6.45, 7) is 5.80. The van der Waals surface area contributed by atoms with Crippen LogP contribution in [-0.2, 0) is 11.0 Å². The van der Waals surface area contributed by atoms with E-state index >= 15 is 0 Å². The van der Waals surface area contributed by atoms with Crippen molar-refractivity contribution < 1.29 is 18.0 Å². The van der Waals surface area contributed by atoms with Gasteiger partial charge >= 0.3 is 6.18 Å². The van der Waals surface area contributed by atoms with Crippen molar-refractivity contribution in [2.75, 3.05) is 27.9 Å². The van der Waals surface area contributed by atoms with Crippen LogP contribution in [0.15, 0.2) is 12.4 Å². The number of likely N-dealkylation sites (N-methyl/N-ethyl adjacent to an activating group) is 1. The standard InChI is InChI=1S/C20H25F3N8O/c1-9(2)15-17(32)29-14-10(3)26-19(30-16(14)31(15)4)28-13-5-12(6-13)27-18-24-7-11(8-25-18)20(21,22)23/h7-9,12-13,15H,5-6H2,1-4H3,(H,29,32)(H,24,25,27)(H,26,28,30)/t12-,13+,15?. The Hall–Kier alpha value is -3.18. The number of anilines is 4. The molecule has 0 aromatic carbocycles. The lowest BCUT2D eigenvalue weighted by atomic mass is 9.87. The van der Waals surface area contributed by atoms with Gasteiger partial charge in [-0.3, -0.25) is 4.79 Å². The molecule has 1 unspecified atom stereocenters. The summed E-state index contributed by atoms with van der Waals surface area (Å²) >= 11 is 0. The minimum Gasteiger partial charge on any atom is -0.351 e. The maximum absolute atomic E-state index is 12.6. The topological polar surface area (TPSA) is 108 Å². The van der Waals surface area contributed by atoms with Gasteiger partial charge in [0, 0.05) is 31.5 Å². The second kappa shape index (κ2) is 8.06. The van der Waals surface area contributed by atoms with Crippen molar-refractivity contribution >= 4 is 29.3 Å². The van der Waals surface area contributed by atoms with Crippen molar-refractivity contribution in [2.45, 2.75) is 57.9 Å². The Morgan fingerprint density at radius 3 is 2.25 bits per heavy atom. The minimum atomic E-state index is -4.46. The van der Waals surface area contributed by atoms with E-state index in [9.17, 15) is 18.0 Å². The lowest BCUT2D eigenvalue weighted by Gasteiger charge is -2.38. The van der Waals surface area contributed by atoms with Crippen LogP contribution in [0.2, 0.25) is 0 Å². The molecule has 1 atom stereocenters. The molecular formula is C20H25F3N8O. The zero-order valence-electron chi connectivity index (χ0n) is 18.2. The first-order valence-electron chi connectivity index (χ1n) is 10.4. The van der Waals surface area contributed by atoms with Crippen LogP contribution in [0.4, 0.5) is 36.6 Å². The molecule has 2 aromatic heterocycles. The third-order valence-electron chi connectivity index (χ3n) is 5.75. The molecule has 2 aliphatic rings. The number of hydrogen-bond donors (Lipinski definition) is 3. The van der Waals surface area contributed by atoms with Gasteiger partial charge in [0.25, 0.3) is 0 Å². The zero-order valence-corrected chi connectivity index (χ0v) is 18.2. The van der Waals surface area contributed by atoms with E-state index in [1.807, 2.05) is 32.7 Å². The minimum absolute atomic E-state index is 0.0373. The Morgan fingerprint density at radius 2 is 1.69 bits per heavy atom. The van der Waals surface area contributed by atoms with Gasteiger partial charge in [-0.25, -0.2) is 15.0 Å². The number of nitrogens with zero attached hydrogens (tertiary/aromatic N) is 5. The summed E-state index contributed by atoms with van der Waals surface area (Å²) in [4.78, 5) is 30.9. The highest BCUT2D eigenvalue weighted by Crippen LogP contribution is 2.35. The molecule has 4 rings (SSSR count). The van der Waals surface area contributed by atoms with Gasteiger partial charge in [-0.1, -0.05) is 13.8 Å². The average molecular weight is 450 g/mol. The summed E-state index contributed by atoms with van der Waals surface area (Å²) in [5.41, 5.74) is 0.414. The first-order valence-corrected chi connectivity index (χ1v) is 10.4. The Kier molecular flexibility index (Phi) is 5.55. The number of aryl methyl sites for hydroxylation is 1. The van der Waals surface area contributed by atoms with Gasteiger partial charge in [-0.15, -0.1) is 0 Å². The molecule has 9 nitrogen and oxygen atoms in total. The fraction of sp³-hybridized carbons (Fsp3) is 0.550. The number of rotatable bonds is 5. The van der Waals surface area contributed by atoms with Crippen molar-refractivity contribution in [2.24, 2.45) is 5.92 Å². The van der Waals surface area contributed by atoms with Crippen LogP contribution in [0.5, 0.6) is 0 Å². The van der Waals surface area contributed by atoms with Gasteiger partial charge in [-0.05, 0) is 25.7 Å². The van der Waals surface area contributed by atoms with E-state index in [2.05, 4.69) is 35.9 Å². The van der Waals surface area contributed by atoms with Gasteiger partial charge < -0.3 is 20.9 Å². The largest absolute Gasteiger partial charge is 0.419 e. The molecule has 3 N–H and O–H groups in total. The lowest BCUT2D eigenvalue weighted by molar-refractivity contribution is -0.138. The molecular weight excluding hydrogens is 425 g/mol.